The summed E-state index contributed by atoms with van der Waals surface area (Å²) in [7, 11) is 1.27. The maximum atomic E-state index is 12.6. The van der Waals surface area contributed by atoms with Crippen LogP contribution in [-0.2, 0) is 19.1 Å². The molecule has 0 aromatic heterocycles. The van der Waals surface area contributed by atoms with Crippen LogP contribution in [0.3, 0.4) is 0 Å². The SMILES string of the molecule is COC(=O)c1ccc(/C=C2\SC(=S)N([C@H](CCC(=O)O)C(=O)O)C2=O)cc1. The lowest BCUT2D eigenvalue weighted by atomic mass is 10.1. The van der Waals surface area contributed by atoms with E-state index in [1.807, 2.05) is 0 Å². The first-order chi connectivity index (χ1) is 12.7. The van der Waals surface area contributed by atoms with E-state index in [1.54, 1.807) is 12.1 Å². The summed E-state index contributed by atoms with van der Waals surface area (Å²) in [5, 5.41) is 18.1. The molecule has 1 fully saturated rings. The number of carboxylic acid groups (broad SMARTS) is 2. The molecule has 0 unspecified atom stereocenters. The molecule has 27 heavy (non-hydrogen) atoms. The standard InChI is InChI=1S/C17H15NO7S2/c1-25-16(24)10-4-2-9(3-5-10)8-12-14(21)18(17(26)27-12)11(15(22)23)6-7-13(19)20/h2-5,8,11H,6-7H2,1H3,(H,19,20)(H,22,23)/b12-8-/t11-/m1/s1. The summed E-state index contributed by atoms with van der Waals surface area (Å²) >= 11 is 6.05. The normalized spacial score (nSPS) is 16.5. The highest BCUT2D eigenvalue weighted by molar-refractivity contribution is 8.26. The Morgan fingerprint density at radius 2 is 1.89 bits per heavy atom. The van der Waals surface area contributed by atoms with E-state index in [1.165, 1.54) is 25.3 Å². The van der Waals surface area contributed by atoms with Crippen molar-refractivity contribution in [2.75, 3.05) is 7.11 Å². The molecule has 0 saturated carbocycles. The third kappa shape index (κ3) is 4.92. The molecule has 2 N–H and O–H groups in total. The number of carboxylic acids is 2. The Labute approximate surface area is 163 Å². The van der Waals surface area contributed by atoms with Crippen LogP contribution in [0.15, 0.2) is 29.2 Å². The van der Waals surface area contributed by atoms with Crippen molar-refractivity contribution in [3.05, 3.63) is 40.3 Å². The van der Waals surface area contributed by atoms with Gasteiger partial charge in [-0.3, -0.25) is 14.5 Å². The lowest BCUT2D eigenvalue weighted by Gasteiger charge is -2.22. The van der Waals surface area contributed by atoms with Gasteiger partial charge < -0.3 is 14.9 Å². The van der Waals surface area contributed by atoms with Gasteiger partial charge in [0.05, 0.1) is 17.6 Å². The second-order valence-electron chi connectivity index (χ2n) is 5.45. The van der Waals surface area contributed by atoms with Gasteiger partial charge in [0.1, 0.15) is 10.4 Å². The number of carbonyl (C=O) groups is 4. The molecular formula is C17H15NO7S2. The van der Waals surface area contributed by atoms with Gasteiger partial charge in [0.2, 0.25) is 0 Å². The number of aliphatic carboxylic acids is 2. The van der Waals surface area contributed by atoms with Crippen LogP contribution in [0, 0.1) is 0 Å². The molecular weight excluding hydrogens is 394 g/mol. The van der Waals surface area contributed by atoms with Crippen LogP contribution in [0.2, 0.25) is 0 Å². The molecule has 0 radical (unpaired) electrons. The number of nitrogens with zero attached hydrogens (tertiary/aromatic N) is 1. The van der Waals surface area contributed by atoms with E-state index in [-0.39, 0.29) is 15.6 Å². The quantitative estimate of drug-likeness (QED) is 0.395. The van der Waals surface area contributed by atoms with Crippen LogP contribution in [0.5, 0.6) is 0 Å². The monoisotopic (exact) mass is 409 g/mol. The molecule has 142 valence electrons. The van der Waals surface area contributed by atoms with Crippen LogP contribution in [0.25, 0.3) is 6.08 Å². The number of hydrogen-bond acceptors (Lipinski definition) is 7. The number of methoxy groups -OCH3 is 1. The molecule has 2 rings (SSSR count). The minimum atomic E-state index is -1.35. The van der Waals surface area contributed by atoms with Crippen LogP contribution in [0.1, 0.15) is 28.8 Å². The van der Waals surface area contributed by atoms with Gasteiger partial charge in [0.15, 0.2) is 0 Å². The van der Waals surface area contributed by atoms with E-state index >= 15 is 0 Å². The molecule has 0 bridgehead atoms. The number of esters is 1. The van der Waals surface area contributed by atoms with Crippen molar-refractivity contribution in [1.82, 2.24) is 4.90 Å². The Kier molecular flexibility index (Phi) is 6.70. The molecule has 1 atom stereocenters. The first kappa shape index (κ1) is 20.6. The second-order valence-corrected chi connectivity index (χ2v) is 7.13. The summed E-state index contributed by atoms with van der Waals surface area (Å²) in [6.45, 7) is 0. The third-order valence-corrected chi connectivity index (χ3v) is 5.01. The number of benzene rings is 1. The van der Waals surface area contributed by atoms with Crippen LogP contribution in [0.4, 0.5) is 0 Å². The van der Waals surface area contributed by atoms with Gasteiger partial charge >= 0.3 is 17.9 Å². The Morgan fingerprint density at radius 3 is 2.41 bits per heavy atom. The highest BCUT2D eigenvalue weighted by Crippen LogP contribution is 2.35. The van der Waals surface area contributed by atoms with E-state index < -0.39 is 36.3 Å². The zero-order valence-corrected chi connectivity index (χ0v) is 15.7. The number of hydrogen-bond donors (Lipinski definition) is 2. The Bertz CT molecular complexity index is 832. The van der Waals surface area contributed by atoms with Gasteiger partial charge in [0, 0.05) is 6.42 Å². The van der Waals surface area contributed by atoms with E-state index in [2.05, 4.69) is 4.74 Å². The van der Waals surface area contributed by atoms with Crippen molar-refractivity contribution >= 4 is 58.2 Å². The zero-order chi connectivity index (χ0) is 20.1. The van der Waals surface area contributed by atoms with Crippen molar-refractivity contribution in [2.24, 2.45) is 0 Å². The maximum absolute atomic E-state index is 12.6. The van der Waals surface area contributed by atoms with Gasteiger partial charge in [-0.25, -0.2) is 9.59 Å². The summed E-state index contributed by atoms with van der Waals surface area (Å²) < 4.78 is 4.66. The van der Waals surface area contributed by atoms with Crippen LogP contribution < -0.4 is 0 Å². The fourth-order valence-electron chi connectivity index (χ4n) is 2.36. The number of rotatable bonds is 7. The molecule has 1 aliphatic rings. The van der Waals surface area contributed by atoms with E-state index in [0.29, 0.717) is 11.1 Å². The molecule has 1 amide bonds. The summed E-state index contributed by atoms with van der Waals surface area (Å²) in [5.41, 5.74) is 0.961. The topological polar surface area (TPSA) is 121 Å². The Balaban J connectivity index is 2.23. The molecule has 0 spiro atoms. The van der Waals surface area contributed by atoms with Crippen molar-refractivity contribution in [3.8, 4) is 0 Å². The van der Waals surface area contributed by atoms with Crippen molar-refractivity contribution in [3.63, 3.8) is 0 Å². The number of ether oxygens (including phenoxy) is 1. The summed E-state index contributed by atoms with van der Waals surface area (Å²) in [4.78, 5) is 47.4. The van der Waals surface area contributed by atoms with Crippen molar-refractivity contribution in [1.29, 1.82) is 0 Å². The molecule has 8 nitrogen and oxygen atoms in total. The van der Waals surface area contributed by atoms with Crippen molar-refractivity contribution < 1.29 is 34.1 Å². The average Bonchev–Trinajstić information content (AvgIpc) is 2.89. The van der Waals surface area contributed by atoms with Crippen molar-refractivity contribution in [2.45, 2.75) is 18.9 Å². The minimum absolute atomic E-state index is 0.0511. The smallest absolute Gasteiger partial charge is 0.337 e. The highest BCUT2D eigenvalue weighted by Gasteiger charge is 2.40. The molecule has 10 heteroatoms. The predicted octanol–water partition coefficient (Wildman–Crippen LogP) is 1.99. The number of thioether (sulfide) groups is 1. The summed E-state index contributed by atoms with van der Waals surface area (Å²) in [6, 6.07) is 4.94. The van der Waals surface area contributed by atoms with Gasteiger partial charge in [-0.15, -0.1) is 0 Å². The predicted molar refractivity (Wildman–Crippen MR) is 101 cm³/mol. The fraction of sp³-hybridized carbons (Fsp3) is 0.235. The average molecular weight is 409 g/mol. The fourth-order valence-corrected chi connectivity index (χ4v) is 3.71. The van der Waals surface area contributed by atoms with Gasteiger partial charge in [0.25, 0.3) is 5.91 Å². The first-order valence-corrected chi connectivity index (χ1v) is 8.87. The van der Waals surface area contributed by atoms with E-state index in [4.69, 9.17) is 17.3 Å². The van der Waals surface area contributed by atoms with E-state index in [0.717, 1.165) is 16.7 Å². The highest BCUT2D eigenvalue weighted by atomic mass is 32.2. The Hall–Kier alpha value is -2.72. The molecule has 1 aromatic rings. The molecule has 1 aliphatic heterocycles. The third-order valence-electron chi connectivity index (χ3n) is 3.68. The molecule has 1 heterocycles. The number of carbonyl (C=O) groups excluding carboxylic acids is 2. The van der Waals surface area contributed by atoms with Crippen LogP contribution in [-0.4, -0.2) is 56.4 Å². The summed E-state index contributed by atoms with van der Waals surface area (Å²) in [5.74, 6) is -3.57. The number of amides is 1. The Morgan fingerprint density at radius 1 is 1.26 bits per heavy atom. The lowest BCUT2D eigenvalue weighted by molar-refractivity contribution is -0.146. The van der Waals surface area contributed by atoms with Crippen LogP contribution >= 0.6 is 24.0 Å². The first-order valence-electron chi connectivity index (χ1n) is 7.64. The molecule has 0 aliphatic carbocycles. The number of thiocarbonyl (C=S) groups is 1. The maximum Gasteiger partial charge on any atom is 0.337 e. The van der Waals surface area contributed by atoms with Gasteiger partial charge in [-0.2, -0.15) is 0 Å². The summed E-state index contributed by atoms with van der Waals surface area (Å²) in [6.07, 6.45) is 0.872. The molecule has 1 aromatic carbocycles. The minimum Gasteiger partial charge on any atom is -0.481 e. The molecule has 1 saturated heterocycles. The second kappa shape index (κ2) is 8.78. The van der Waals surface area contributed by atoms with Gasteiger partial charge in [-0.1, -0.05) is 36.1 Å². The van der Waals surface area contributed by atoms with E-state index in [9.17, 15) is 24.3 Å². The zero-order valence-electron chi connectivity index (χ0n) is 14.1. The largest absolute Gasteiger partial charge is 0.481 e. The lowest BCUT2D eigenvalue weighted by Crippen LogP contribution is -2.44. The van der Waals surface area contributed by atoms with Gasteiger partial charge in [-0.05, 0) is 30.2 Å².